The molecule has 0 saturated carbocycles. The Bertz CT molecular complexity index is 771. The van der Waals surface area contributed by atoms with Crippen LogP contribution in [-0.2, 0) is 4.79 Å². The van der Waals surface area contributed by atoms with Gasteiger partial charge in [-0.25, -0.2) is 14.6 Å². The Labute approximate surface area is 137 Å². The molecule has 2 heterocycles. The van der Waals surface area contributed by atoms with Crippen LogP contribution in [-0.4, -0.2) is 58.0 Å². The minimum atomic E-state index is -1.27. The summed E-state index contributed by atoms with van der Waals surface area (Å²) in [6.45, 7) is -0.00979. The number of carboxylic acids is 1. The van der Waals surface area contributed by atoms with E-state index in [1.807, 2.05) is 18.2 Å². The van der Waals surface area contributed by atoms with Gasteiger partial charge in [0.15, 0.2) is 0 Å². The lowest BCUT2D eigenvalue weighted by Gasteiger charge is -2.16. The molecule has 1 aliphatic rings. The van der Waals surface area contributed by atoms with E-state index >= 15 is 0 Å². The first-order valence-electron chi connectivity index (χ1n) is 7.32. The molecule has 3 rings (SSSR count). The number of hydrogen-bond donors (Lipinski definition) is 2. The average Bonchev–Trinajstić information content (AvgIpc) is 2.98. The Kier molecular flexibility index (Phi) is 4.11. The molecule has 2 N–H and O–H groups in total. The van der Waals surface area contributed by atoms with Gasteiger partial charge in [-0.1, -0.05) is 0 Å². The first kappa shape index (κ1) is 15.9. The summed E-state index contributed by atoms with van der Waals surface area (Å²) in [6.07, 6.45) is -1.75. The molecule has 126 valence electrons. The molecule has 1 amide bonds. The summed E-state index contributed by atoms with van der Waals surface area (Å²) in [4.78, 5) is 27.6. The fourth-order valence-corrected chi connectivity index (χ4v) is 2.77. The van der Waals surface area contributed by atoms with Crippen LogP contribution in [0.15, 0.2) is 30.3 Å². The first-order valence-corrected chi connectivity index (χ1v) is 7.32. The van der Waals surface area contributed by atoms with Crippen LogP contribution in [0.4, 0.5) is 4.79 Å². The molecule has 0 radical (unpaired) electrons. The predicted octanol–water partition coefficient (Wildman–Crippen LogP) is 1.83. The van der Waals surface area contributed by atoms with E-state index < -0.39 is 24.2 Å². The second kappa shape index (κ2) is 6.23. The molecule has 1 saturated heterocycles. The molecule has 1 fully saturated rings. The lowest BCUT2D eigenvalue weighted by Crippen LogP contribution is -2.39. The maximum absolute atomic E-state index is 11.2. The van der Waals surface area contributed by atoms with E-state index in [-0.39, 0.29) is 13.0 Å². The number of methoxy groups -OCH3 is 1. The molecule has 1 aliphatic heterocycles. The predicted molar refractivity (Wildman–Crippen MR) is 83.5 cm³/mol. The highest BCUT2D eigenvalue weighted by Crippen LogP contribution is 2.25. The molecule has 1 aromatic heterocycles. The quantitative estimate of drug-likeness (QED) is 0.879. The van der Waals surface area contributed by atoms with Gasteiger partial charge >= 0.3 is 12.1 Å². The van der Waals surface area contributed by atoms with Crippen LogP contribution in [0.25, 0.3) is 10.9 Å². The fraction of sp³-hybridized carbons (Fsp3) is 0.312. The van der Waals surface area contributed by atoms with Gasteiger partial charge in [0.05, 0.1) is 19.2 Å². The third-order valence-electron chi connectivity index (χ3n) is 3.95. The second-order valence-corrected chi connectivity index (χ2v) is 5.47. The average molecular weight is 332 g/mol. The lowest BCUT2D eigenvalue weighted by atomic mass is 10.2. The van der Waals surface area contributed by atoms with Gasteiger partial charge in [0.25, 0.3) is 0 Å². The van der Waals surface area contributed by atoms with Crippen LogP contribution in [0.1, 0.15) is 6.42 Å². The molecular formula is C16H16N2O6. The zero-order chi connectivity index (χ0) is 17.3. The Morgan fingerprint density at radius 3 is 2.62 bits per heavy atom. The van der Waals surface area contributed by atoms with Crippen molar-refractivity contribution in [2.75, 3.05) is 13.7 Å². The van der Waals surface area contributed by atoms with Gasteiger partial charge in [-0.2, -0.15) is 0 Å². The lowest BCUT2D eigenvalue weighted by molar-refractivity contribution is -0.141. The Morgan fingerprint density at radius 2 is 2.00 bits per heavy atom. The summed E-state index contributed by atoms with van der Waals surface area (Å²) in [6, 6.07) is 7.86. The van der Waals surface area contributed by atoms with Crippen LogP contribution in [0.5, 0.6) is 11.6 Å². The molecule has 0 aliphatic carbocycles. The van der Waals surface area contributed by atoms with Gasteiger partial charge in [-0.3, -0.25) is 4.90 Å². The molecule has 2 unspecified atom stereocenters. The Balaban J connectivity index is 1.79. The highest BCUT2D eigenvalue weighted by atomic mass is 16.5. The van der Waals surface area contributed by atoms with E-state index in [9.17, 15) is 9.59 Å². The van der Waals surface area contributed by atoms with Crippen molar-refractivity contribution in [2.45, 2.75) is 18.6 Å². The van der Waals surface area contributed by atoms with Crippen molar-refractivity contribution < 1.29 is 29.3 Å². The molecular weight excluding hydrogens is 316 g/mol. The number of aromatic nitrogens is 1. The number of ether oxygens (including phenoxy) is 2. The fourth-order valence-electron chi connectivity index (χ4n) is 2.77. The normalized spacial score (nSPS) is 20.1. The van der Waals surface area contributed by atoms with Gasteiger partial charge in [0.2, 0.25) is 5.88 Å². The van der Waals surface area contributed by atoms with E-state index in [4.69, 9.17) is 19.7 Å². The summed E-state index contributed by atoms with van der Waals surface area (Å²) in [7, 11) is 1.56. The standard InChI is InChI=1S/C16H16N2O6/c1-23-10-4-2-9-3-5-14(17-12(9)6-10)24-11-7-13(15(19)20)18(8-11)16(21)22/h2-6,11,13H,7-8H2,1H3,(H,19,20)(H,21,22). The van der Waals surface area contributed by atoms with Gasteiger partial charge in [0, 0.05) is 23.9 Å². The third-order valence-corrected chi connectivity index (χ3v) is 3.95. The highest BCUT2D eigenvalue weighted by molar-refractivity contribution is 5.81. The van der Waals surface area contributed by atoms with E-state index in [2.05, 4.69) is 4.98 Å². The number of pyridine rings is 1. The van der Waals surface area contributed by atoms with Crippen molar-refractivity contribution in [2.24, 2.45) is 0 Å². The molecule has 8 heteroatoms. The maximum atomic E-state index is 11.2. The van der Waals surface area contributed by atoms with Crippen LogP contribution in [0.2, 0.25) is 0 Å². The van der Waals surface area contributed by atoms with E-state index in [1.54, 1.807) is 19.2 Å². The first-order chi connectivity index (χ1) is 11.5. The second-order valence-electron chi connectivity index (χ2n) is 5.47. The van der Waals surface area contributed by atoms with Gasteiger partial charge in [-0.15, -0.1) is 0 Å². The molecule has 24 heavy (non-hydrogen) atoms. The largest absolute Gasteiger partial charge is 0.497 e. The Hall–Kier alpha value is -3.03. The van der Waals surface area contributed by atoms with Crippen molar-refractivity contribution in [3.05, 3.63) is 30.3 Å². The third kappa shape index (κ3) is 3.03. The van der Waals surface area contributed by atoms with Gasteiger partial charge < -0.3 is 19.7 Å². The van der Waals surface area contributed by atoms with Crippen molar-refractivity contribution in [1.29, 1.82) is 0 Å². The molecule has 8 nitrogen and oxygen atoms in total. The van der Waals surface area contributed by atoms with E-state index in [1.165, 1.54) is 0 Å². The Morgan fingerprint density at radius 1 is 1.25 bits per heavy atom. The number of benzene rings is 1. The van der Waals surface area contributed by atoms with Gasteiger partial charge in [-0.05, 0) is 18.2 Å². The topological polar surface area (TPSA) is 109 Å². The molecule has 2 aromatic rings. The number of hydrogen-bond acceptors (Lipinski definition) is 5. The van der Waals surface area contributed by atoms with E-state index in [0.29, 0.717) is 17.1 Å². The number of nitrogens with zero attached hydrogens (tertiary/aromatic N) is 2. The van der Waals surface area contributed by atoms with Crippen molar-refractivity contribution >= 4 is 23.0 Å². The molecule has 0 bridgehead atoms. The SMILES string of the molecule is COc1ccc2ccc(OC3CC(C(=O)O)N(C(=O)O)C3)nc2c1. The molecule has 0 spiro atoms. The minimum Gasteiger partial charge on any atom is -0.497 e. The molecule has 2 atom stereocenters. The summed E-state index contributed by atoms with van der Waals surface area (Å²) in [5.41, 5.74) is 0.676. The van der Waals surface area contributed by atoms with Crippen molar-refractivity contribution in [3.8, 4) is 11.6 Å². The van der Waals surface area contributed by atoms with Crippen LogP contribution < -0.4 is 9.47 Å². The number of fused-ring (bicyclic) bond motifs is 1. The minimum absolute atomic E-state index is 0.00979. The van der Waals surface area contributed by atoms with Crippen LogP contribution in [0, 0.1) is 0 Å². The summed E-state index contributed by atoms with van der Waals surface area (Å²) >= 11 is 0. The monoisotopic (exact) mass is 332 g/mol. The number of rotatable bonds is 4. The van der Waals surface area contributed by atoms with Crippen LogP contribution >= 0.6 is 0 Å². The number of likely N-dealkylation sites (tertiary alicyclic amines) is 1. The number of amides is 1. The zero-order valence-corrected chi connectivity index (χ0v) is 12.9. The van der Waals surface area contributed by atoms with Crippen molar-refractivity contribution in [1.82, 2.24) is 9.88 Å². The van der Waals surface area contributed by atoms with E-state index in [0.717, 1.165) is 10.3 Å². The highest BCUT2D eigenvalue weighted by Gasteiger charge is 2.41. The number of carbonyl (C=O) groups is 2. The number of aliphatic carboxylic acids is 1. The number of carboxylic acid groups (broad SMARTS) is 2. The smallest absolute Gasteiger partial charge is 0.408 e. The summed E-state index contributed by atoms with van der Waals surface area (Å²) in [5.74, 6) is -0.201. The molecule has 1 aromatic carbocycles. The van der Waals surface area contributed by atoms with Gasteiger partial charge in [0.1, 0.15) is 17.9 Å². The zero-order valence-electron chi connectivity index (χ0n) is 12.9. The summed E-state index contributed by atoms with van der Waals surface area (Å²) in [5, 5.41) is 19.1. The van der Waals surface area contributed by atoms with Crippen molar-refractivity contribution in [3.63, 3.8) is 0 Å². The summed E-state index contributed by atoms with van der Waals surface area (Å²) < 4.78 is 10.9. The van der Waals surface area contributed by atoms with Crippen LogP contribution in [0.3, 0.4) is 0 Å². The maximum Gasteiger partial charge on any atom is 0.408 e.